The summed E-state index contributed by atoms with van der Waals surface area (Å²) in [6.07, 6.45) is 1.84. The summed E-state index contributed by atoms with van der Waals surface area (Å²) in [4.78, 5) is 4.30. The molecule has 1 aromatic carbocycles. The molecule has 0 saturated heterocycles. The highest BCUT2D eigenvalue weighted by Crippen LogP contribution is 2.18. The molecule has 0 aliphatic carbocycles. The molecule has 0 aliphatic rings. The molecule has 2 rings (SSSR count). The summed E-state index contributed by atoms with van der Waals surface area (Å²) < 4.78 is 8.19. The van der Waals surface area contributed by atoms with Gasteiger partial charge in [0.15, 0.2) is 0 Å². The van der Waals surface area contributed by atoms with Crippen molar-refractivity contribution in [1.82, 2.24) is 9.55 Å². The Morgan fingerprint density at radius 1 is 1.50 bits per heavy atom. The number of aromatic nitrogens is 2. The van der Waals surface area contributed by atoms with E-state index in [0.29, 0.717) is 6.61 Å². The fourth-order valence-electron chi connectivity index (χ4n) is 1.40. The Labute approximate surface area is 90.8 Å². The van der Waals surface area contributed by atoms with E-state index in [9.17, 15) is 0 Å². The monoisotopic (exact) mass is 254 g/mol. The molecular weight excluding hydrogens is 244 g/mol. The molecule has 1 heterocycles. The van der Waals surface area contributed by atoms with Crippen LogP contribution in [-0.4, -0.2) is 23.3 Å². The van der Waals surface area contributed by atoms with Gasteiger partial charge in [0.2, 0.25) is 0 Å². The molecule has 0 saturated carbocycles. The first-order chi connectivity index (χ1) is 6.81. The maximum atomic E-state index is 5.03. The van der Waals surface area contributed by atoms with E-state index in [0.717, 1.165) is 22.1 Å². The molecule has 0 fully saturated rings. The lowest BCUT2D eigenvalue weighted by Gasteiger charge is -2.02. The van der Waals surface area contributed by atoms with Crippen LogP contribution in [0, 0.1) is 0 Å². The van der Waals surface area contributed by atoms with Crippen molar-refractivity contribution >= 4 is 27.0 Å². The zero-order chi connectivity index (χ0) is 9.97. The van der Waals surface area contributed by atoms with E-state index >= 15 is 0 Å². The molecule has 14 heavy (non-hydrogen) atoms. The van der Waals surface area contributed by atoms with Gasteiger partial charge in [-0.3, -0.25) is 0 Å². The lowest BCUT2D eigenvalue weighted by atomic mass is 10.3. The van der Waals surface area contributed by atoms with Gasteiger partial charge < -0.3 is 9.30 Å². The Kier molecular flexibility index (Phi) is 2.84. The average molecular weight is 255 g/mol. The molecule has 0 N–H and O–H groups in total. The van der Waals surface area contributed by atoms with E-state index in [-0.39, 0.29) is 0 Å². The van der Waals surface area contributed by atoms with Crippen LogP contribution < -0.4 is 0 Å². The normalized spacial score (nSPS) is 11.0. The second-order valence-electron chi connectivity index (χ2n) is 3.06. The zero-order valence-electron chi connectivity index (χ0n) is 7.90. The summed E-state index contributed by atoms with van der Waals surface area (Å²) in [5, 5.41) is 0. The van der Waals surface area contributed by atoms with Crippen LogP contribution in [0.1, 0.15) is 0 Å². The summed E-state index contributed by atoms with van der Waals surface area (Å²) in [5.74, 6) is 0. The maximum Gasteiger partial charge on any atom is 0.0959 e. The smallest absolute Gasteiger partial charge is 0.0959 e. The lowest BCUT2D eigenvalue weighted by molar-refractivity contribution is 0.188. The van der Waals surface area contributed by atoms with Crippen molar-refractivity contribution < 1.29 is 4.74 Å². The highest BCUT2D eigenvalue weighted by Gasteiger charge is 2.01. The maximum absolute atomic E-state index is 5.03. The van der Waals surface area contributed by atoms with Gasteiger partial charge in [0, 0.05) is 18.1 Å². The minimum Gasteiger partial charge on any atom is -0.383 e. The van der Waals surface area contributed by atoms with Gasteiger partial charge in [-0.05, 0) is 18.2 Å². The van der Waals surface area contributed by atoms with Crippen LogP contribution in [0.4, 0.5) is 0 Å². The van der Waals surface area contributed by atoms with Crippen molar-refractivity contribution in [2.75, 3.05) is 13.7 Å². The van der Waals surface area contributed by atoms with E-state index < -0.39 is 0 Å². The summed E-state index contributed by atoms with van der Waals surface area (Å²) in [5.41, 5.74) is 2.15. The Bertz CT molecular complexity index is 439. The SMILES string of the molecule is COCCn1cnc2ccc(Br)cc21. The van der Waals surface area contributed by atoms with Crippen LogP contribution in [0.15, 0.2) is 29.0 Å². The number of nitrogens with zero attached hydrogens (tertiary/aromatic N) is 2. The van der Waals surface area contributed by atoms with E-state index in [1.54, 1.807) is 7.11 Å². The van der Waals surface area contributed by atoms with Crippen LogP contribution >= 0.6 is 15.9 Å². The summed E-state index contributed by atoms with van der Waals surface area (Å²) in [7, 11) is 1.70. The number of rotatable bonds is 3. The lowest BCUT2D eigenvalue weighted by Crippen LogP contribution is -2.02. The molecule has 0 unspecified atom stereocenters. The van der Waals surface area contributed by atoms with Crippen LogP contribution in [0.5, 0.6) is 0 Å². The van der Waals surface area contributed by atoms with Gasteiger partial charge in [0.05, 0.1) is 24.0 Å². The third kappa shape index (κ3) is 1.81. The minimum atomic E-state index is 0.706. The van der Waals surface area contributed by atoms with Gasteiger partial charge in [0.25, 0.3) is 0 Å². The van der Waals surface area contributed by atoms with Crippen LogP contribution in [0.3, 0.4) is 0 Å². The molecule has 4 heteroatoms. The van der Waals surface area contributed by atoms with Crippen molar-refractivity contribution in [3.05, 3.63) is 29.0 Å². The topological polar surface area (TPSA) is 27.1 Å². The number of fused-ring (bicyclic) bond motifs is 1. The highest BCUT2D eigenvalue weighted by atomic mass is 79.9. The predicted molar refractivity (Wildman–Crippen MR) is 59.3 cm³/mol. The third-order valence-electron chi connectivity index (χ3n) is 2.12. The first-order valence-corrected chi connectivity index (χ1v) is 5.20. The number of hydrogen-bond donors (Lipinski definition) is 0. The number of ether oxygens (including phenoxy) is 1. The molecule has 2 aromatic rings. The number of hydrogen-bond acceptors (Lipinski definition) is 2. The Balaban J connectivity index is 2.40. The van der Waals surface area contributed by atoms with Crippen LogP contribution in [0.25, 0.3) is 11.0 Å². The van der Waals surface area contributed by atoms with Crippen molar-refractivity contribution in [2.45, 2.75) is 6.54 Å². The van der Waals surface area contributed by atoms with Gasteiger partial charge in [-0.1, -0.05) is 15.9 Å². The largest absolute Gasteiger partial charge is 0.383 e. The fraction of sp³-hybridized carbons (Fsp3) is 0.300. The molecule has 0 spiro atoms. The number of benzene rings is 1. The number of imidazole rings is 1. The van der Waals surface area contributed by atoms with E-state index in [1.807, 2.05) is 18.5 Å². The number of methoxy groups -OCH3 is 1. The van der Waals surface area contributed by atoms with Crippen LogP contribution in [0.2, 0.25) is 0 Å². The summed E-state index contributed by atoms with van der Waals surface area (Å²) >= 11 is 3.45. The minimum absolute atomic E-state index is 0.706. The quantitative estimate of drug-likeness (QED) is 0.842. The number of halogens is 1. The van der Waals surface area contributed by atoms with E-state index in [2.05, 4.69) is 31.5 Å². The van der Waals surface area contributed by atoms with Gasteiger partial charge in [0.1, 0.15) is 0 Å². The second-order valence-corrected chi connectivity index (χ2v) is 3.98. The zero-order valence-corrected chi connectivity index (χ0v) is 9.49. The first kappa shape index (κ1) is 9.68. The molecule has 0 bridgehead atoms. The molecule has 0 radical (unpaired) electrons. The third-order valence-corrected chi connectivity index (χ3v) is 2.61. The molecular formula is C10H11BrN2O. The highest BCUT2D eigenvalue weighted by molar-refractivity contribution is 9.10. The fourth-order valence-corrected chi connectivity index (χ4v) is 1.75. The predicted octanol–water partition coefficient (Wildman–Crippen LogP) is 2.45. The van der Waals surface area contributed by atoms with Crippen molar-refractivity contribution in [1.29, 1.82) is 0 Å². The molecule has 3 nitrogen and oxygen atoms in total. The van der Waals surface area contributed by atoms with Gasteiger partial charge in [-0.25, -0.2) is 4.98 Å². The van der Waals surface area contributed by atoms with Crippen molar-refractivity contribution in [3.63, 3.8) is 0 Å². The molecule has 0 atom stereocenters. The Morgan fingerprint density at radius 3 is 3.14 bits per heavy atom. The summed E-state index contributed by atoms with van der Waals surface area (Å²) in [6, 6.07) is 6.07. The second kappa shape index (κ2) is 4.11. The molecule has 1 aromatic heterocycles. The van der Waals surface area contributed by atoms with Gasteiger partial charge in [-0.2, -0.15) is 0 Å². The average Bonchev–Trinajstić information content (AvgIpc) is 2.57. The van der Waals surface area contributed by atoms with Gasteiger partial charge >= 0.3 is 0 Å². The van der Waals surface area contributed by atoms with E-state index in [1.165, 1.54) is 0 Å². The molecule has 0 aliphatic heterocycles. The van der Waals surface area contributed by atoms with Gasteiger partial charge in [-0.15, -0.1) is 0 Å². The standard InChI is InChI=1S/C10H11BrN2O/c1-14-5-4-13-7-12-9-3-2-8(11)6-10(9)13/h2-3,6-7H,4-5H2,1H3. The van der Waals surface area contributed by atoms with Crippen molar-refractivity contribution in [3.8, 4) is 0 Å². The van der Waals surface area contributed by atoms with Crippen molar-refractivity contribution in [2.24, 2.45) is 0 Å². The van der Waals surface area contributed by atoms with Crippen LogP contribution in [-0.2, 0) is 11.3 Å². The Morgan fingerprint density at radius 2 is 2.36 bits per heavy atom. The molecule has 0 amide bonds. The van der Waals surface area contributed by atoms with E-state index in [4.69, 9.17) is 4.74 Å². The first-order valence-electron chi connectivity index (χ1n) is 4.40. The molecule has 74 valence electrons. The Hall–Kier alpha value is -0.870. The summed E-state index contributed by atoms with van der Waals surface area (Å²) in [6.45, 7) is 1.54.